The van der Waals surface area contributed by atoms with Gasteiger partial charge in [0.25, 0.3) is 0 Å². The molecule has 0 aliphatic carbocycles. The summed E-state index contributed by atoms with van der Waals surface area (Å²) in [4.78, 5) is 17.6. The van der Waals surface area contributed by atoms with Crippen LogP contribution in [0.3, 0.4) is 0 Å². The number of unbranched alkanes of at least 4 members (excludes halogenated alkanes) is 2. The van der Waals surface area contributed by atoms with Gasteiger partial charge in [0.05, 0.1) is 4.92 Å². The molecular weight excluding hydrogens is 182 g/mol. The second-order valence-corrected chi connectivity index (χ2v) is 3.07. The molecule has 0 saturated carbocycles. The van der Waals surface area contributed by atoms with E-state index in [1.165, 1.54) is 12.4 Å². The van der Waals surface area contributed by atoms with Crippen molar-refractivity contribution in [2.45, 2.75) is 32.6 Å². The van der Waals surface area contributed by atoms with E-state index in [1.807, 2.05) is 0 Å². The molecule has 0 aliphatic rings. The Bertz CT molecular complexity index is 297. The third kappa shape index (κ3) is 3.08. The lowest BCUT2D eigenvalue weighted by Crippen LogP contribution is -1.97. The highest BCUT2D eigenvalue weighted by Crippen LogP contribution is 2.07. The quantitative estimate of drug-likeness (QED) is 0.410. The van der Waals surface area contributed by atoms with Crippen LogP contribution in [0.5, 0.6) is 0 Å². The number of nitro groups is 1. The summed E-state index contributed by atoms with van der Waals surface area (Å²) < 4.78 is 0. The van der Waals surface area contributed by atoms with E-state index in [0.717, 1.165) is 25.7 Å². The molecule has 0 fully saturated rings. The van der Waals surface area contributed by atoms with Crippen LogP contribution in [0.1, 0.15) is 32.0 Å². The molecule has 0 N–H and O–H groups in total. The van der Waals surface area contributed by atoms with E-state index in [-0.39, 0.29) is 5.69 Å². The largest absolute Gasteiger partial charge is 0.305 e. The SMILES string of the molecule is CCCCCc1ncc([N+](=O)[O-])cn1. The fourth-order valence-corrected chi connectivity index (χ4v) is 1.10. The van der Waals surface area contributed by atoms with Crippen LogP contribution in [0.25, 0.3) is 0 Å². The second-order valence-electron chi connectivity index (χ2n) is 3.07. The van der Waals surface area contributed by atoms with Crippen molar-refractivity contribution in [2.75, 3.05) is 0 Å². The summed E-state index contributed by atoms with van der Waals surface area (Å²) in [7, 11) is 0. The summed E-state index contributed by atoms with van der Waals surface area (Å²) in [5.41, 5.74) is -0.0516. The summed E-state index contributed by atoms with van der Waals surface area (Å²) in [5, 5.41) is 10.3. The average molecular weight is 195 g/mol. The van der Waals surface area contributed by atoms with E-state index < -0.39 is 4.92 Å². The minimum Gasteiger partial charge on any atom is -0.258 e. The van der Waals surface area contributed by atoms with E-state index in [0.29, 0.717) is 5.82 Å². The summed E-state index contributed by atoms with van der Waals surface area (Å²) in [6.07, 6.45) is 6.63. The highest BCUT2D eigenvalue weighted by molar-refractivity contribution is 5.20. The molecule has 1 aromatic heterocycles. The highest BCUT2D eigenvalue weighted by atomic mass is 16.6. The molecule has 0 atom stereocenters. The fraction of sp³-hybridized carbons (Fsp3) is 0.556. The molecule has 14 heavy (non-hydrogen) atoms. The van der Waals surface area contributed by atoms with E-state index in [2.05, 4.69) is 16.9 Å². The van der Waals surface area contributed by atoms with Crippen LogP contribution in [0, 0.1) is 10.1 Å². The van der Waals surface area contributed by atoms with Gasteiger partial charge in [-0.05, 0) is 6.42 Å². The first-order valence-corrected chi connectivity index (χ1v) is 4.69. The maximum absolute atomic E-state index is 10.3. The molecule has 1 aromatic rings. The van der Waals surface area contributed by atoms with E-state index >= 15 is 0 Å². The zero-order valence-corrected chi connectivity index (χ0v) is 8.14. The summed E-state index contributed by atoms with van der Waals surface area (Å²) >= 11 is 0. The van der Waals surface area contributed by atoms with Crippen molar-refractivity contribution in [2.24, 2.45) is 0 Å². The number of rotatable bonds is 5. The van der Waals surface area contributed by atoms with Gasteiger partial charge in [-0.25, -0.2) is 9.97 Å². The molecule has 0 amide bonds. The van der Waals surface area contributed by atoms with Crippen molar-refractivity contribution in [3.8, 4) is 0 Å². The summed E-state index contributed by atoms with van der Waals surface area (Å²) in [6.45, 7) is 2.12. The summed E-state index contributed by atoms with van der Waals surface area (Å²) in [6, 6.07) is 0. The molecule has 1 rings (SSSR count). The van der Waals surface area contributed by atoms with Gasteiger partial charge in [-0.15, -0.1) is 0 Å². The van der Waals surface area contributed by atoms with Crippen LogP contribution in [-0.2, 0) is 6.42 Å². The zero-order valence-electron chi connectivity index (χ0n) is 8.14. The molecule has 5 nitrogen and oxygen atoms in total. The number of aryl methyl sites for hydroxylation is 1. The van der Waals surface area contributed by atoms with Gasteiger partial charge < -0.3 is 0 Å². The second kappa shape index (κ2) is 5.26. The predicted octanol–water partition coefficient (Wildman–Crippen LogP) is 2.12. The highest BCUT2D eigenvalue weighted by Gasteiger charge is 2.05. The third-order valence-corrected chi connectivity index (χ3v) is 1.91. The number of hydrogen-bond donors (Lipinski definition) is 0. The predicted molar refractivity (Wildman–Crippen MR) is 51.9 cm³/mol. The molecule has 76 valence electrons. The van der Waals surface area contributed by atoms with Crippen LogP contribution >= 0.6 is 0 Å². The van der Waals surface area contributed by atoms with Gasteiger partial charge in [-0.1, -0.05) is 19.8 Å². The van der Waals surface area contributed by atoms with E-state index in [4.69, 9.17) is 0 Å². The topological polar surface area (TPSA) is 68.9 Å². The van der Waals surface area contributed by atoms with Crippen LogP contribution in [0.4, 0.5) is 5.69 Å². The molecule has 0 spiro atoms. The molecule has 0 aromatic carbocycles. The lowest BCUT2D eigenvalue weighted by Gasteiger charge is -1.97. The van der Waals surface area contributed by atoms with Crippen LogP contribution in [0.15, 0.2) is 12.4 Å². The maximum Gasteiger partial charge on any atom is 0.305 e. The van der Waals surface area contributed by atoms with Gasteiger partial charge >= 0.3 is 5.69 Å². The zero-order chi connectivity index (χ0) is 10.4. The van der Waals surface area contributed by atoms with Gasteiger partial charge in [0.1, 0.15) is 18.2 Å². The molecule has 0 aliphatic heterocycles. The lowest BCUT2D eigenvalue weighted by molar-refractivity contribution is -0.385. The van der Waals surface area contributed by atoms with Gasteiger partial charge in [0, 0.05) is 6.42 Å². The number of aromatic nitrogens is 2. The lowest BCUT2D eigenvalue weighted by atomic mass is 10.2. The molecule has 0 radical (unpaired) electrons. The Balaban J connectivity index is 2.51. The van der Waals surface area contributed by atoms with Gasteiger partial charge in [0.15, 0.2) is 0 Å². The van der Waals surface area contributed by atoms with Crippen molar-refractivity contribution in [3.05, 3.63) is 28.3 Å². The third-order valence-electron chi connectivity index (χ3n) is 1.91. The van der Waals surface area contributed by atoms with Crippen LogP contribution < -0.4 is 0 Å². The first-order valence-electron chi connectivity index (χ1n) is 4.69. The number of hydrogen-bond acceptors (Lipinski definition) is 4. The molecule has 0 bridgehead atoms. The first kappa shape index (κ1) is 10.6. The fourth-order valence-electron chi connectivity index (χ4n) is 1.10. The van der Waals surface area contributed by atoms with E-state index in [1.54, 1.807) is 0 Å². The monoisotopic (exact) mass is 195 g/mol. The maximum atomic E-state index is 10.3. The number of nitrogens with zero attached hydrogens (tertiary/aromatic N) is 3. The summed E-state index contributed by atoms with van der Waals surface area (Å²) in [5.74, 6) is 0.684. The van der Waals surface area contributed by atoms with Crippen molar-refractivity contribution < 1.29 is 4.92 Å². The Kier molecular flexibility index (Phi) is 3.97. The minimum atomic E-state index is -0.490. The average Bonchev–Trinajstić information content (AvgIpc) is 2.19. The molecule has 0 saturated heterocycles. The normalized spacial score (nSPS) is 10.1. The Morgan fingerprint density at radius 1 is 1.36 bits per heavy atom. The van der Waals surface area contributed by atoms with E-state index in [9.17, 15) is 10.1 Å². The van der Waals surface area contributed by atoms with Gasteiger partial charge in [-0.3, -0.25) is 10.1 Å². The van der Waals surface area contributed by atoms with Gasteiger partial charge in [-0.2, -0.15) is 0 Å². The van der Waals surface area contributed by atoms with Gasteiger partial charge in [0.2, 0.25) is 0 Å². The smallest absolute Gasteiger partial charge is 0.258 e. The Morgan fingerprint density at radius 3 is 2.50 bits per heavy atom. The van der Waals surface area contributed by atoms with Crippen LogP contribution in [0.2, 0.25) is 0 Å². The molecule has 5 heteroatoms. The minimum absolute atomic E-state index is 0.0516. The Hall–Kier alpha value is -1.52. The van der Waals surface area contributed by atoms with Crippen molar-refractivity contribution in [1.82, 2.24) is 9.97 Å². The Morgan fingerprint density at radius 2 is 2.00 bits per heavy atom. The molecular formula is C9H13N3O2. The van der Waals surface area contributed by atoms with Crippen molar-refractivity contribution in [1.29, 1.82) is 0 Å². The first-order chi connectivity index (χ1) is 6.74. The van der Waals surface area contributed by atoms with Crippen molar-refractivity contribution >= 4 is 5.69 Å². The van der Waals surface area contributed by atoms with Crippen LogP contribution in [-0.4, -0.2) is 14.9 Å². The molecule has 1 heterocycles. The Labute approximate surface area is 82.3 Å². The van der Waals surface area contributed by atoms with Crippen molar-refractivity contribution in [3.63, 3.8) is 0 Å². The molecule has 0 unspecified atom stereocenters. The standard InChI is InChI=1S/C9H13N3O2/c1-2-3-4-5-9-10-6-8(7-11-9)12(13)14/h6-7H,2-5H2,1H3.